The highest BCUT2D eigenvalue weighted by Crippen LogP contribution is 2.17. The van der Waals surface area contributed by atoms with Crippen molar-refractivity contribution < 1.29 is 4.79 Å². The Morgan fingerprint density at radius 2 is 2.04 bits per heavy atom. The topological polar surface area (TPSA) is 56.7 Å². The third-order valence-corrected chi connectivity index (χ3v) is 4.48. The van der Waals surface area contributed by atoms with Crippen LogP contribution in [0.2, 0.25) is 5.02 Å². The van der Waals surface area contributed by atoms with Crippen molar-refractivity contribution in [1.82, 2.24) is 10.3 Å². The molecule has 0 unspecified atom stereocenters. The average Bonchev–Trinajstić information content (AvgIpc) is 2.66. The number of carbonyl (C=O) groups is 1. The van der Waals surface area contributed by atoms with Crippen LogP contribution in [0.15, 0.2) is 53.6 Å². The molecular formula is C20H23ClN4OS. The molecule has 2 aromatic rings. The Bertz CT molecular complexity index is 825. The van der Waals surface area contributed by atoms with Crippen molar-refractivity contribution in [2.45, 2.75) is 19.8 Å². The zero-order valence-electron chi connectivity index (χ0n) is 15.4. The van der Waals surface area contributed by atoms with Gasteiger partial charge in [-0.2, -0.15) is 5.10 Å². The highest BCUT2D eigenvalue weighted by Gasteiger charge is 2.09. The number of unbranched alkanes of at least 4 members (excludes halogenated alkanes) is 1. The fourth-order valence-electron chi connectivity index (χ4n) is 2.23. The molecule has 0 heterocycles. The second kappa shape index (κ2) is 10.6. The van der Waals surface area contributed by atoms with E-state index in [1.54, 1.807) is 42.5 Å². The number of hydrazone groups is 1. The average molecular weight is 403 g/mol. The summed E-state index contributed by atoms with van der Waals surface area (Å²) >= 11 is 11.4. The molecule has 0 saturated carbocycles. The van der Waals surface area contributed by atoms with E-state index in [2.05, 4.69) is 22.7 Å². The van der Waals surface area contributed by atoms with Crippen LogP contribution in [0.4, 0.5) is 5.69 Å². The zero-order valence-corrected chi connectivity index (χ0v) is 17.0. The van der Waals surface area contributed by atoms with E-state index < -0.39 is 0 Å². The van der Waals surface area contributed by atoms with Crippen molar-refractivity contribution in [2.75, 3.05) is 18.9 Å². The quantitative estimate of drug-likeness (QED) is 0.309. The van der Waals surface area contributed by atoms with Crippen molar-refractivity contribution in [1.29, 1.82) is 0 Å². The molecule has 7 heteroatoms. The van der Waals surface area contributed by atoms with E-state index in [0.29, 0.717) is 21.4 Å². The van der Waals surface area contributed by atoms with Gasteiger partial charge in [0.15, 0.2) is 5.11 Å². The number of hydrogen-bond acceptors (Lipinski definition) is 3. The molecular weight excluding hydrogens is 380 g/mol. The van der Waals surface area contributed by atoms with Crippen molar-refractivity contribution >= 4 is 46.7 Å². The lowest BCUT2D eigenvalue weighted by atomic mass is 10.2. The molecule has 27 heavy (non-hydrogen) atoms. The maximum atomic E-state index is 12.4. The van der Waals surface area contributed by atoms with Crippen LogP contribution in [0.5, 0.6) is 0 Å². The molecule has 0 radical (unpaired) electrons. The molecule has 0 aliphatic carbocycles. The molecule has 2 aromatic carbocycles. The highest BCUT2D eigenvalue weighted by molar-refractivity contribution is 7.80. The van der Waals surface area contributed by atoms with Gasteiger partial charge in [0, 0.05) is 19.3 Å². The van der Waals surface area contributed by atoms with Gasteiger partial charge in [-0.15, -0.1) is 0 Å². The van der Waals surface area contributed by atoms with E-state index in [9.17, 15) is 4.79 Å². The standard InChI is InChI=1S/C20H23ClN4OS/c1-3-4-12-22-20(27)25(2)23-14-15-8-7-9-16(13-15)24-19(26)17-10-5-6-11-18(17)21/h5-11,13-14H,3-4,12H2,1-2H3,(H,22,27)(H,24,26). The van der Waals surface area contributed by atoms with Gasteiger partial charge < -0.3 is 10.6 Å². The third-order valence-electron chi connectivity index (χ3n) is 3.74. The van der Waals surface area contributed by atoms with E-state index in [0.717, 1.165) is 24.9 Å². The lowest BCUT2D eigenvalue weighted by Crippen LogP contribution is -2.34. The highest BCUT2D eigenvalue weighted by atomic mass is 35.5. The summed E-state index contributed by atoms with van der Waals surface area (Å²) < 4.78 is 0. The van der Waals surface area contributed by atoms with Crippen LogP contribution in [-0.4, -0.2) is 35.8 Å². The smallest absolute Gasteiger partial charge is 0.257 e. The van der Waals surface area contributed by atoms with Crippen LogP contribution in [0.3, 0.4) is 0 Å². The summed E-state index contributed by atoms with van der Waals surface area (Å²) in [6.07, 6.45) is 3.86. The Morgan fingerprint density at radius 3 is 2.78 bits per heavy atom. The van der Waals surface area contributed by atoms with E-state index in [-0.39, 0.29) is 5.91 Å². The first kappa shape index (κ1) is 20.9. The summed E-state index contributed by atoms with van der Waals surface area (Å²) in [5.74, 6) is -0.256. The van der Waals surface area contributed by atoms with Gasteiger partial charge >= 0.3 is 0 Å². The largest absolute Gasteiger partial charge is 0.361 e. The molecule has 0 aliphatic rings. The molecule has 142 valence electrons. The summed E-state index contributed by atoms with van der Waals surface area (Å²) in [4.78, 5) is 12.4. The summed E-state index contributed by atoms with van der Waals surface area (Å²) in [7, 11) is 1.79. The second-order valence-electron chi connectivity index (χ2n) is 5.91. The minimum absolute atomic E-state index is 0.256. The third kappa shape index (κ3) is 6.66. The zero-order chi connectivity index (χ0) is 19.6. The molecule has 0 saturated heterocycles. The van der Waals surface area contributed by atoms with Crippen LogP contribution in [-0.2, 0) is 0 Å². The number of carbonyl (C=O) groups excluding carboxylic acids is 1. The van der Waals surface area contributed by atoms with E-state index in [1.165, 1.54) is 0 Å². The number of benzene rings is 2. The molecule has 0 aromatic heterocycles. The molecule has 0 aliphatic heterocycles. The van der Waals surface area contributed by atoms with Crippen LogP contribution in [0.1, 0.15) is 35.7 Å². The van der Waals surface area contributed by atoms with Gasteiger partial charge in [-0.3, -0.25) is 4.79 Å². The molecule has 0 fully saturated rings. The number of amides is 1. The first-order valence-electron chi connectivity index (χ1n) is 8.72. The predicted octanol–water partition coefficient (Wildman–Crippen LogP) is 4.53. The fourth-order valence-corrected chi connectivity index (χ4v) is 2.60. The molecule has 2 N–H and O–H groups in total. The van der Waals surface area contributed by atoms with Gasteiger partial charge in [0.05, 0.1) is 16.8 Å². The lowest BCUT2D eigenvalue weighted by Gasteiger charge is -2.15. The number of nitrogens with zero attached hydrogens (tertiary/aromatic N) is 2. The molecule has 1 amide bonds. The summed E-state index contributed by atoms with van der Waals surface area (Å²) in [5, 5.41) is 12.9. The van der Waals surface area contributed by atoms with Crippen molar-refractivity contribution in [3.8, 4) is 0 Å². The van der Waals surface area contributed by atoms with Crippen LogP contribution < -0.4 is 10.6 Å². The van der Waals surface area contributed by atoms with Crippen molar-refractivity contribution in [3.63, 3.8) is 0 Å². The minimum atomic E-state index is -0.256. The summed E-state index contributed by atoms with van der Waals surface area (Å²) in [6.45, 7) is 2.96. The molecule has 0 atom stereocenters. The van der Waals surface area contributed by atoms with Crippen LogP contribution in [0.25, 0.3) is 0 Å². The van der Waals surface area contributed by atoms with E-state index in [1.807, 2.05) is 24.3 Å². The van der Waals surface area contributed by atoms with Crippen LogP contribution in [0, 0.1) is 0 Å². The number of halogens is 1. The maximum absolute atomic E-state index is 12.4. The number of rotatable bonds is 7. The van der Waals surface area contributed by atoms with Crippen molar-refractivity contribution in [2.24, 2.45) is 5.10 Å². The van der Waals surface area contributed by atoms with Gasteiger partial charge in [0.25, 0.3) is 5.91 Å². The maximum Gasteiger partial charge on any atom is 0.257 e. The number of nitrogens with one attached hydrogen (secondary N) is 2. The molecule has 0 bridgehead atoms. The van der Waals surface area contributed by atoms with E-state index >= 15 is 0 Å². The molecule has 0 spiro atoms. The predicted molar refractivity (Wildman–Crippen MR) is 117 cm³/mol. The summed E-state index contributed by atoms with van der Waals surface area (Å²) in [6, 6.07) is 14.3. The number of anilines is 1. The first-order valence-corrected chi connectivity index (χ1v) is 9.51. The van der Waals surface area contributed by atoms with E-state index in [4.69, 9.17) is 23.8 Å². The Balaban J connectivity index is 1.99. The number of hydrogen-bond donors (Lipinski definition) is 2. The SMILES string of the molecule is CCCCNC(=S)N(C)N=Cc1cccc(NC(=O)c2ccccc2Cl)c1. The van der Waals surface area contributed by atoms with Crippen LogP contribution >= 0.6 is 23.8 Å². The molecule has 2 rings (SSSR count). The number of thiocarbonyl (C=S) groups is 1. The Morgan fingerprint density at radius 1 is 1.26 bits per heavy atom. The minimum Gasteiger partial charge on any atom is -0.361 e. The Hall–Kier alpha value is -2.44. The Kier molecular flexibility index (Phi) is 8.23. The van der Waals surface area contributed by atoms with Gasteiger partial charge in [0.2, 0.25) is 0 Å². The second-order valence-corrected chi connectivity index (χ2v) is 6.71. The normalized spacial score (nSPS) is 10.6. The first-order chi connectivity index (χ1) is 13.0. The van der Waals surface area contributed by atoms with Gasteiger partial charge in [-0.05, 0) is 48.5 Å². The summed E-state index contributed by atoms with van der Waals surface area (Å²) in [5.41, 5.74) is 1.94. The fraction of sp³-hybridized carbons (Fsp3) is 0.250. The lowest BCUT2D eigenvalue weighted by molar-refractivity contribution is 0.102. The molecule has 5 nitrogen and oxygen atoms in total. The Labute approximate surface area is 170 Å². The van der Waals surface area contributed by atoms with Crippen molar-refractivity contribution in [3.05, 3.63) is 64.7 Å². The monoisotopic (exact) mass is 402 g/mol. The van der Waals surface area contributed by atoms with Gasteiger partial charge in [-0.1, -0.05) is 49.2 Å². The van der Waals surface area contributed by atoms with Gasteiger partial charge in [-0.25, -0.2) is 5.01 Å². The van der Waals surface area contributed by atoms with Gasteiger partial charge in [0.1, 0.15) is 0 Å².